The van der Waals surface area contributed by atoms with Crippen LogP contribution in [0.4, 0.5) is 5.69 Å². The second kappa shape index (κ2) is 6.75. The summed E-state index contributed by atoms with van der Waals surface area (Å²) < 4.78 is 10.7. The molecule has 3 rings (SSSR count). The lowest BCUT2D eigenvalue weighted by Crippen LogP contribution is -2.34. The summed E-state index contributed by atoms with van der Waals surface area (Å²) in [6.45, 7) is 5.80. The van der Waals surface area contributed by atoms with Gasteiger partial charge in [-0.2, -0.15) is 0 Å². The highest BCUT2D eigenvalue weighted by Gasteiger charge is 2.33. The van der Waals surface area contributed by atoms with Crippen LogP contribution in [-0.4, -0.2) is 25.1 Å². The van der Waals surface area contributed by atoms with Crippen molar-refractivity contribution in [3.05, 3.63) is 53.7 Å². The molecule has 0 saturated heterocycles. The van der Waals surface area contributed by atoms with E-state index in [1.807, 2.05) is 63.4 Å². The van der Waals surface area contributed by atoms with Crippen molar-refractivity contribution in [2.24, 2.45) is 0 Å². The van der Waals surface area contributed by atoms with Gasteiger partial charge in [-0.1, -0.05) is 6.07 Å². The molecular weight excluding hydrogens is 328 g/mol. The number of anilines is 1. The van der Waals surface area contributed by atoms with Gasteiger partial charge in [0.25, 0.3) is 0 Å². The Morgan fingerprint density at radius 1 is 1.08 bits per heavy atom. The van der Waals surface area contributed by atoms with Crippen LogP contribution in [0, 0.1) is 6.92 Å². The third-order valence-electron chi connectivity index (χ3n) is 4.73. The summed E-state index contributed by atoms with van der Waals surface area (Å²) in [7, 11) is 3.23. The van der Waals surface area contributed by atoms with Crippen LogP contribution in [0.1, 0.15) is 25.0 Å². The molecule has 0 atom stereocenters. The summed E-state index contributed by atoms with van der Waals surface area (Å²) >= 11 is 0. The Labute approximate surface area is 153 Å². The van der Waals surface area contributed by atoms with E-state index < -0.39 is 5.41 Å². The summed E-state index contributed by atoms with van der Waals surface area (Å²) in [4.78, 5) is 16.3. The molecule has 1 amide bonds. The number of aromatic nitrogens is 1. The summed E-state index contributed by atoms with van der Waals surface area (Å²) in [5.41, 5.74) is 2.85. The second-order valence-corrected chi connectivity index (χ2v) is 6.90. The Morgan fingerprint density at radius 3 is 2.54 bits per heavy atom. The van der Waals surface area contributed by atoms with Gasteiger partial charge in [-0.3, -0.25) is 4.79 Å². The maximum Gasteiger partial charge on any atom is 0.234 e. The number of rotatable bonds is 5. The first kappa shape index (κ1) is 17.9. The normalized spacial score (nSPS) is 11.4. The number of benzene rings is 2. The molecule has 2 N–H and O–H groups in total. The minimum Gasteiger partial charge on any atom is -0.497 e. The number of methoxy groups -OCH3 is 2. The Morgan fingerprint density at radius 2 is 1.85 bits per heavy atom. The first-order valence-electron chi connectivity index (χ1n) is 8.48. The number of aromatic amines is 1. The lowest BCUT2D eigenvalue weighted by atomic mass is 9.83. The monoisotopic (exact) mass is 352 g/mol. The number of carbonyl (C=O) groups excluding carboxylic acids is 1. The molecule has 0 aliphatic heterocycles. The number of H-pyrrole nitrogens is 1. The van der Waals surface area contributed by atoms with E-state index in [0.29, 0.717) is 11.4 Å². The number of aryl methyl sites for hydroxylation is 1. The van der Waals surface area contributed by atoms with Gasteiger partial charge in [0, 0.05) is 17.1 Å². The van der Waals surface area contributed by atoms with Crippen LogP contribution in [0.2, 0.25) is 0 Å². The summed E-state index contributed by atoms with van der Waals surface area (Å²) in [5.74, 6) is 1.29. The first-order chi connectivity index (χ1) is 12.4. The van der Waals surface area contributed by atoms with E-state index in [1.165, 1.54) is 0 Å². The van der Waals surface area contributed by atoms with Gasteiger partial charge in [-0.25, -0.2) is 0 Å². The van der Waals surface area contributed by atoms with Crippen molar-refractivity contribution >= 4 is 22.5 Å². The molecule has 5 nitrogen and oxygen atoms in total. The van der Waals surface area contributed by atoms with Crippen molar-refractivity contribution in [1.82, 2.24) is 4.98 Å². The largest absolute Gasteiger partial charge is 0.497 e. The zero-order valence-corrected chi connectivity index (χ0v) is 15.8. The highest BCUT2D eigenvalue weighted by molar-refractivity contribution is 6.02. The highest BCUT2D eigenvalue weighted by Crippen LogP contribution is 2.34. The van der Waals surface area contributed by atoms with Crippen molar-refractivity contribution in [3.63, 3.8) is 0 Å². The molecule has 1 heterocycles. The fourth-order valence-electron chi connectivity index (χ4n) is 3.06. The molecule has 0 saturated carbocycles. The summed E-state index contributed by atoms with van der Waals surface area (Å²) in [6, 6.07) is 11.5. The maximum absolute atomic E-state index is 13.1. The van der Waals surface area contributed by atoms with Gasteiger partial charge in [0.15, 0.2) is 0 Å². The number of carbonyl (C=O) groups is 1. The molecule has 1 aromatic heterocycles. The van der Waals surface area contributed by atoms with Crippen LogP contribution < -0.4 is 14.8 Å². The zero-order valence-electron chi connectivity index (χ0n) is 15.8. The molecule has 5 heteroatoms. The topological polar surface area (TPSA) is 63.4 Å². The van der Waals surface area contributed by atoms with Crippen LogP contribution >= 0.6 is 0 Å². The Kier molecular flexibility index (Phi) is 4.64. The standard InChI is InChI=1S/C21H24N2O3/c1-13-6-9-19(26-5)18(10-13)23-20(24)21(2,3)16-12-22-17-8-7-14(25-4)11-15(16)17/h6-12,22H,1-5H3,(H,23,24). The molecular formula is C21H24N2O3. The van der Waals surface area contributed by atoms with Crippen molar-refractivity contribution in [2.45, 2.75) is 26.2 Å². The molecule has 136 valence electrons. The molecule has 0 spiro atoms. The van der Waals surface area contributed by atoms with Gasteiger partial charge in [-0.05, 0) is 62.2 Å². The van der Waals surface area contributed by atoms with Crippen LogP contribution in [0.15, 0.2) is 42.6 Å². The molecule has 0 bridgehead atoms. The van der Waals surface area contributed by atoms with Crippen molar-refractivity contribution < 1.29 is 14.3 Å². The quantitative estimate of drug-likeness (QED) is 0.715. The number of hydrogen-bond donors (Lipinski definition) is 2. The van der Waals surface area contributed by atoms with Crippen molar-refractivity contribution in [2.75, 3.05) is 19.5 Å². The van der Waals surface area contributed by atoms with Gasteiger partial charge in [0.1, 0.15) is 11.5 Å². The average molecular weight is 352 g/mol. The number of fused-ring (bicyclic) bond motifs is 1. The molecule has 0 unspecified atom stereocenters. The first-order valence-corrected chi connectivity index (χ1v) is 8.48. The highest BCUT2D eigenvalue weighted by atomic mass is 16.5. The van der Waals surface area contributed by atoms with E-state index >= 15 is 0 Å². The van der Waals surface area contributed by atoms with E-state index in [1.54, 1.807) is 14.2 Å². The molecule has 0 aliphatic rings. The fraction of sp³-hybridized carbons (Fsp3) is 0.286. The predicted molar refractivity (Wildman–Crippen MR) is 104 cm³/mol. The fourth-order valence-corrected chi connectivity index (χ4v) is 3.06. The molecule has 0 aliphatic carbocycles. The molecule has 26 heavy (non-hydrogen) atoms. The summed E-state index contributed by atoms with van der Waals surface area (Å²) in [5, 5.41) is 3.99. The third-order valence-corrected chi connectivity index (χ3v) is 4.73. The summed E-state index contributed by atoms with van der Waals surface area (Å²) in [6.07, 6.45) is 1.89. The van der Waals surface area contributed by atoms with Crippen LogP contribution in [-0.2, 0) is 10.2 Å². The van der Waals surface area contributed by atoms with Crippen LogP contribution in [0.3, 0.4) is 0 Å². The maximum atomic E-state index is 13.1. The van der Waals surface area contributed by atoms with E-state index in [2.05, 4.69) is 10.3 Å². The van der Waals surface area contributed by atoms with Crippen molar-refractivity contribution in [3.8, 4) is 11.5 Å². The van der Waals surface area contributed by atoms with E-state index in [0.717, 1.165) is 27.8 Å². The van der Waals surface area contributed by atoms with Gasteiger partial charge in [-0.15, -0.1) is 0 Å². The Bertz CT molecular complexity index is 957. The van der Waals surface area contributed by atoms with Gasteiger partial charge in [0.05, 0.1) is 25.3 Å². The van der Waals surface area contributed by atoms with E-state index in [-0.39, 0.29) is 5.91 Å². The van der Waals surface area contributed by atoms with Gasteiger partial charge >= 0.3 is 0 Å². The van der Waals surface area contributed by atoms with Crippen LogP contribution in [0.5, 0.6) is 11.5 Å². The minimum absolute atomic E-state index is 0.106. The van der Waals surface area contributed by atoms with Gasteiger partial charge in [0.2, 0.25) is 5.91 Å². The second-order valence-electron chi connectivity index (χ2n) is 6.90. The molecule has 2 aromatic carbocycles. The lowest BCUT2D eigenvalue weighted by Gasteiger charge is -2.24. The molecule has 0 radical (unpaired) electrons. The number of amides is 1. The van der Waals surface area contributed by atoms with E-state index in [9.17, 15) is 4.79 Å². The smallest absolute Gasteiger partial charge is 0.234 e. The SMILES string of the molecule is COc1ccc2[nH]cc(C(C)(C)C(=O)Nc3cc(C)ccc3OC)c2c1. The molecule has 3 aromatic rings. The van der Waals surface area contributed by atoms with E-state index in [4.69, 9.17) is 9.47 Å². The Balaban J connectivity index is 1.98. The van der Waals surface area contributed by atoms with Crippen LogP contribution in [0.25, 0.3) is 10.9 Å². The lowest BCUT2D eigenvalue weighted by molar-refractivity contribution is -0.120. The minimum atomic E-state index is -0.751. The number of ether oxygens (including phenoxy) is 2. The van der Waals surface area contributed by atoms with Gasteiger partial charge < -0.3 is 19.8 Å². The number of nitrogens with one attached hydrogen (secondary N) is 2. The predicted octanol–water partition coefficient (Wildman–Crippen LogP) is 4.41. The van der Waals surface area contributed by atoms with Crippen molar-refractivity contribution in [1.29, 1.82) is 0 Å². The number of hydrogen-bond acceptors (Lipinski definition) is 3. The third kappa shape index (κ3) is 3.12. The zero-order chi connectivity index (χ0) is 18.9. The average Bonchev–Trinajstić information content (AvgIpc) is 3.05. The Hall–Kier alpha value is -2.95. The molecule has 0 fully saturated rings.